The lowest BCUT2D eigenvalue weighted by Crippen LogP contribution is -2.11. The third-order valence-corrected chi connectivity index (χ3v) is 4.60. The molecular weight excluding hydrogens is 296 g/mol. The summed E-state index contributed by atoms with van der Waals surface area (Å²) in [4.78, 5) is 16.7. The van der Waals surface area contributed by atoms with E-state index in [1.165, 1.54) is 0 Å². The van der Waals surface area contributed by atoms with Gasteiger partial charge < -0.3 is 5.32 Å². The normalized spacial score (nSPS) is 11.3. The highest BCUT2D eigenvalue weighted by Gasteiger charge is 2.17. The summed E-state index contributed by atoms with van der Waals surface area (Å²) in [6.45, 7) is 1.70. The van der Waals surface area contributed by atoms with Gasteiger partial charge in [-0.15, -0.1) is 11.3 Å². The van der Waals surface area contributed by atoms with E-state index in [2.05, 4.69) is 10.3 Å². The minimum atomic E-state index is -3.15. The second-order valence-electron chi connectivity index (χ2n) is 4.41. The number of nitrogens with zero attached hydrogens (tertiary/aromatic N) is 1. The molecule has 20 heavy (non-hydrogen) atoms. The summed E-state index contributed by atoms with van der Waals surface area (Å²) < 4.78 is 22.5. The van der Waals surface area contributed by atoms with Crippen LogP contribution in [0.4, 0.5) is 5.69 Å². The van der Waals surface area contributed by atoms with E-state index in [1.54, 1.807) is 19.1 Å². The highest BCUT2D eigenvalue weighted by atomic mass is 32.2. The Morgan fingerprint density at radius 3 is 2.55 bits per heavy atom. The molecule has 2 aromatic rings. The smallest absolute Gasteiger partial charge is 0.267 e. The molecule has 1 aromatic heterocycles. The van der Waals surface area contributed by atoms with Crippen molar-refractivity contribution in [1.82, 2.24) is 4.98 Å². The van der Waals surface area contributed by atoms with Crippen molar-refractivity contribution in [3.8, 4) is 0 Å². The standard InChI is InChI=1S/C13H14N2O3S2/c1-9-12(19-11(14-9)8-20(2,17)18)13(16)15-10-6-4-3-5-7-10/h3-7H,8H2,1-2H3,(H,15,16). The van der Waals surface area contributed by atoms with Crippen molar-refractivity contribution in [3.05, 3.63) is 45.9 Å². The van der Waals surface area contributed by atoms with Gasteiger partial charge in [-0.2, -0.15) is 0 Å². The van der Waals surface area contributed by atoms with Crippen LogP contribution in [-0.4, -0.2) is 25.6 Å². The molecule has 0 saturated heterocycles. The third-order valence-electron chi connectivity index (χ3n) is 2.46. The van der Waals surface area contributed by atoms with E-state index < -0.39 is 9.84 Å². The number of carbonyl (C=O) groups is 1. The molecule has 0 bridgehead atoms. The highest BCUT2D eigenvalue weighted by molar-refractivity contribution is 7.90. The van der Waals surface area contributed by atoms with Crippen LogP contribution in [-0.2, 0) is 15.6 Å². The minimum absolute atomic E-state index is 0.142. The molecule has 7 heteroatoms. The summed E-state index contributed by atoms with van der Waals surface area (Å²) >= 11 is 1.11. The Labute approximate surface area is 121 Å². The van der Waals surface area contributed by atoms with Crippen LogP contribution in [0.5, 0.6) is 0 Å². The van der Waals surface area contributed by atoms with Crippen molar-refractivity contribution in [2.45, 2.75) is 12.7 Å². The Morgan fingerprint density at radius 2 is 1.95 bits per heavy atom. The predicted molar refractivity (Wildman–Crippen MR) is 79.8 cm³/mol. The molecule has 0 atom stereocenters. The molecule has 106 valence electrons. The average Bonchev–Trinajstić information content (AvgIpc) is 2.69. The second-order valence-corrected chi connectivity index (χ2v) is 7.64. The number of rotatable bonds is 4. The molecule has 0 unspecified atom stereocenters. The zero-order valence-corrected chi connectivity index (χ0v) is 12.7. The Morgan fingerprint density at radius 1 is 1.30 bits per heavy atom. The molecule has 0 aliphatic carbocycles. The van der Waals surface area contributed by atoms with Crippen molar-refractivity contribution < 1.29 is 13.2 Å². The van der Waals surface area contributed by atoms with Crippen molar-refractivity contribution in [1.29, 1.82) is 0 Å². The van der Waals surface area contributed by atoms with Crippen molar-refractivity contribution in [2.24, 2.45) is 0 Å². The number of carbonyl (C=O) groups excluding carboxylic acids is 1. The van der Waals surface area contributed by atoms with Crippen LogP contribution < -0.4 is 5.32 Å². The first kappa shape index (κ1) is 14.7. The van der Waals surface area contributed by atoms with Gasteiger partial charge in [0, 0.05) is 11.9 Å². The first-order valence-corrected chi connectivity index (χ1v) is 8.73. The first-order chi connectivity index (χ1) is 9.35. The van der Waals surface area contributed by atoms with Gasteiger partial charge in [-0.1, -0.05) is 18.2 Å². The van der Waals surface area contributed by atoms with E-state index in [1.807, 2.05) is 18.2 Å². The molecule has 0 radical (unpaired) electrons. The largest absolute Gasteiger partial charge is 0.321 e. The number of amides is 1. The number of sulfone groups is 1. The number of hydrogen-bond donors (Lipinski definition) is 1. The minimum Gasteiger partial charge on any atom is -0.321 e. The van der Waals surface area contributed by atoms with Crippen LogP contribution >= 0.6 is 11.3 Å². The Hall–Kier alpha value is -1.73. The topological polar surface area (TPSA) is 76.1 Å². The van der Waals surface area contributed by atoms with E-state index in [0.717, 1.165) is 17.6 Å². The van der Waals surface area contributed by atoms with Crippen LogP contribution in [0.2, 0.25) is 0 Å². The van der Waals surface area contributed by atoms with Gasteiger partial charge in [0.05, 0.1) is 5.69 Å². The fourth-order valence-corrected chi connectivity index (χ4v) is 3.80. The van der Waals surface area contributed by atoms with Crippen molar-refractivity contribution >= 4 is 32.8 Å². The van der Waals surface area contributed by atoms with E-state index in [4.69, 9.17) is 0 Å². The quantitative estimate of drug-likeness (QED) is 0.939. The third kappa shape index (κ3) is 3.88. The highest BCUT2D eigenvalue weighted by Crippen LogP contribution is 2.21. The summed E-state index contributed by atoms with van der Waals surface area (Å²) in [5, 5.41) is 3.19. The number of thiazole rings is 1. The first-order valence-electron chi connectivity index (χ1n) is 5.85. The van der Waals surface area contributed by atoms with Crippen molar-refractivity contribution in [3.63, 3.8) is 0 Å². The van der Waals surface area contributed by atoms with Gasteiger partial charge in [-0.05, 0) is 19.1 Å². The SMILES string of the molecule is Cc1nc(CS(C)(=O)=O)sc1C(=O)Nc1ccccc1. The van der Waals surface area contributed by atoms with Gasteiger partial charge in [0.2, 0.25) is 0 Å². The summed E-state index contributed by atoms with van der Waals surface area (Å²) in [7, 11) is -3.15. The number of anilines is 1. The van der Waals surface area contributed by atoms with Gasteiger partial charge in [0.15, 0.2) is 9.84 Å². The van der Waals surface area contributed by atoms with Crippen LogP contribution in [0.1, 0.15) is 20.4 Å². The number of nitrogens with one attached hydrogen (secondary N) is 1. The Bertz CT molecular complexity index is 721. The number of aromatic nitrogens is 1. The summed E-state index contributed by atoms with van der Waals surface area (Å²) in [5.41, 5.74) is 1.23. The molecular formula is C13H14N2O3S2. The van der Waals surface area contributed by atoms with Crippen LogP contribution in [0.25, 0.3) is 0 Å². The van der Waals surface area contributed by atoms with Crippen LogP contribution in [0.15, 0.2) is 30.3 Å². The van der Waals surface area contributed by atoms with Crippen molar-refractivity contribution in [2.75, 3.05) is 11.6 Å². The molecule has 0 fully saturated rings. The van der Waals surface area contributed by atoms with E-state index in [9.17, 15) is 13.2 Å². The molecule has 1 heterocycles. The summed E-state index contributed by atoms with van der Waals surface area (Å²) in [5.74, 6) is -0.414. The lowest BCUT2D eigenvalue weighted by molar-refractivity contribution is 0.103. The Kier molecular flexibility index (Phi) is 4.20. The molecule has 0 saturated carbocycles. The lowest BCUT2D eigenvalue weighted by Gasteiger charge is -2.02. The predicted octanol–water partition coefficient (Wildman–Crippen LogP) is 2.25. The molecule has 5 nitrogen and oxygen atoms in total. The van der Waals surface area contributed by atoms with Gasteiger partial charge in [-0.25, -0.2) is 13.4 Å². The number of hydrogen-bond acceptors (Lipinski definition) is 5. The summed E-state index contributed by atoms with van der Waals surface area (Å²) in [6, 6.07) is 9.07. The molecule has 0 aliphatic rings. The molecule has 1 N–H and O–H groups in total. The fourth-order valence-electron chi connectivity index (χ4n) is 1.66. The fraction of sp³-hybridized carbons (Fsp3) is 0.231. The average molecular weight is 310 g/mol. The zero-order chi connectivity index (χ0) is 14.8. The molecule has 0 spiro atoms. The second kappa shape index (κ2) is 5.72. The number of para-hydroxylation sites is 1. The number of aryl methyl sites for hydroxylation is 1. The van der Waals surface area contributed by atoms with Gasteiger partial charge in [0.25, 0.3) is 5.91 Å². The van der Waals surface area contributed by atoms with E-state index >= 15 is 0 Å². The van der Waals surface area contributed by atoms with Gasteiger partial charge >= 0.3 is 0 Å². The molecule has 0 aliphatic heterocycles. The lowest BCUT2D eigenvalue weighted by atomic mass is 10.3. The number of benzene rings is 1. The van der Waals surface area contributed by atoms with E-state index in [0.29, 0.717) is 21.3 Å². The maximum atomic E-state index is 12.1. The Balaban J connectivity index is 2.18. The molecule has 1 amide bonds. The summed E-state index contributed by atoms with van der Waals surface area (Å²) in [6.07, 6.45) is 1.15. The van der Waals surface area contributed by atoms with Crippen LogP contribution in [0, 0.1) is 6.92 Å². The van der Waals surface area contributed by atoms with E-state index in [-0.39, 0.29) is 11.7 Å². The molecule has 1 aromatic carbocycles. The van der Waals surface area contributed by atoms with Crippen LogP contribution in [0.3, 0.4) is 0 Å². The van der Waals surface area contributed by atoms with Gasteiger partial charge in [0.1, 0.15) is 15.6 Å². The molecule has 2 rings (SSSR count). The monoisotopic (exact) mass is 310 g/mol. The maximum absolute atomic E-state index is 12.1. The zero-order valence-electron chi connectivity index (χ0n) is 11.1. The van der Waals surface area contributed by atoms with Gasteiger partial charge in [-0.3, -0.25) is 4.79 Å². The maximum Gasteiger partial charge on any atom is 0.267 e.